The number of carbonyl (C=O) groups excluding carboxylic acids is 1. The minimum Gasteiger partial charge on any atom is -0.325 e. The van der Waals surface area contributed by atoms with Crippen LogP contribution in [0.1, 0.15) is 5.56 Å². The lowest BCUT2D eigenvalue weighted by atomic mass is 10.2. The summed E-state index contributed by atoms with van der Waals surface area (Å²) in [6, 6.07) is 20.9. The highest BCUT2D eigenvalue weighted by Gasteiger charge is 2.18. The smallest absolute Gasteiger partial charge is 0.269 e. The molecule has 10 heteroatoms. The van der Waals surface area contributed by atoms with Crippen LogP contribution in [0.25, 0.3) is 17.1 Å². The normalized spacial score (nSPS) is 10.7. The maximum absolute atomic E-state index is 12.6. The van der Waals surface area contributed by atoms with Gasteiger partial charge in [-0.2, -0.15) is 0 Å². The van der Waals surface area contributed by atoms with Gasteiger partial charge in [0.05, 0.1) is 10.7 Å². The van der Waals surface area contributed by atoms with Gasteiger partial charge in [-0.25, -0.2) is 0 Å². The fourth-order valence-corrected chi connectivity index (χ4v) is 4.08. The van der Waals surface area contributed by atoms with E-state index in [4.69, 9.17) is 11.6 Å². The molecule has 8 nitrogen and oxygen atoms in total. The number of carbonyl (C=O) groups is 1. The van der Waals surface area contributed by atoms with E-state index in [-0.39, 0.29) is 17.3 Å². The van der Waals surface area contributed by atoms with E-state index in [1.54, 1.807) is 30.3 Å². The van der Waals surface area contributed by atoms with Crippen molar-refractivity contribution in [1.29, 1.82) is 0 Å². The highest BCUT2D eigenvalue weighted by molar-refractivity contribution is 7.99. The van der Waals surface area contributed by atoms with Crippen molar-refractivity contribution >= 4 is 40.6 Å². The molecule has 0 aliphatic heterocycles. The summed E-state index contributed by atoms with van der Waals surface area (Å²) in [5, 5.41) is 23.5. The number of aromatic nitrogens is 3. The molecule has 1 amide bonds. The first-order valence-electron chi connectivity index (χ1n) is 9.87. The molecule has 1 N–H and O–H groups in total. The highest BCUT2D eigenvalue weighted by atomic mass is 35.5. The van der Waals surface area contributed by atoms with Gasteiger partial charge in [-0.15, -0.1) is 10.2 Å². The standard InChI is InChI=1S/C23H18ClN5O3S/c1-15-19(24)8-5-9-20(15)25-21(30)14-33-23-27-26-22(28(23)17-6-3-2-4-7-17)16-10-12-18(13-11-16)29(31)32/h2-13H,14H2,1H3,(H,25,30). The summed E-state index contributed by atoms with van der Waals surface area (Å²) in [7, 11) is 0. The van der Waals surface area contributed by atoms with Gasteiger partial charge in [-0.3, -0.25) is 19.5 Å². The molecule has 33 heavy (non-hydrogen) atoms. The molecular weight excluding hydrogens is 462 g/mol. The zero-order valence-electron chi connectivity index (χ0n) is 17.4. The van der Waals surface area contributed by atoms with Crippen molar-refractivity contribution in [2.24, 2.45) is 0 Å². The van der Waals surface area contributed by atoms with Crippen molar-refractivity contribution in [3.8, 4) is 17.1 Å². The molecule has 0 saturated heterocycles. The number of hydrogen-bond donors (Lipinski definition) is 1. The van der Waals surface area contributed by atoms with Gasteiger partial charge in [0, 0.05) is 34.1 Å². The fourth-order valence-electron chi connectivity index (χ4n) is 3.15. The summed E-state index contributed by atoms with van der Waals surface area (Å²) < 4.78 is 1.82. The maximum Gasteiger partial charge on any atom is 0.269 e. The lowest BCUT2D eigenvalue weighted by Crippen LogP contribution is -2.15. The van der Waals surface area contributed by atoms with E-state index in [1.807, 2.05) is 41.8 Å². The third-order valence-corrected chi connectivity index (χ3v) is 6.20. The number of non-ortho nitro benzene ring substituents is 1. The van der Waals surface area contributed by atoms with Gasteiger partial charge in [-0.1, -0.05) is 47.6 Å². The third-order valence-electron chi connectivity index (χ3n) is 4.86. The first kappa shape index (κ1) is 22.5. The predicted molar refractivity (Wildman–Crippen MR) is 129 cm³/mol. The molecule has 0 saturated carbocycles. The summed E-state index contributed by atoms with van der Waals surface area (Å²) in [5.41, 5.74) is 2.92. The second-order valence-corrected chi connectivity index (χ2v) is 8.38. The maximum atomic E-state index is 12.6. The van der Waals surface area contributed by atoms with Crippen LogP contribution in [0.3, 0.4) is 0 Å². The van der Waals surface area contributed by atoms with E-state index in [1.165, 1.54) is 23.9 Å². The molecule has 0 radical (unpaired) electrons. The van der Waals surface area contributed by atoms with E-state index in [0.717, 1.165) is 11.3 Å². The van der Waals surface area contributed by atoms with Crippen LogP contribution in [-0.4, -0.2) is 31.3 Å². The van der Waals surface area contributed by atoms with Gasteiger partial charge in [0.2, 0.25) is 5.91 Å². The number of nitro benzene ring substituents is 1. The molecule has 0 aliphatic carbocycles. The zero-order valence-corrected chi connectivity index (χ0v) is 19.0. The summed E-state index contributed by atoms with van der Waals surface area (Å²) in [6.07, 6.45) is 0. The predicted octanol–water partition coefficient (Wildman–Crippen LogP) is 5.54. The Bertz CT molecular complexity index is 1310. The largest absolute Gasteiger partial charge is 0.325 e. The molecule has 3 aromatic carbocycles. The number of amides is 1. The van der Waals surface area contributed by atoms with E-state index < -0.39 is 4.92 Å². The average Bonchev–Trinajstić information content (AvgIpc) is 3.25. The molecule has 1 heterocycles. The molecule has 0 spiro atoms. The summed E-state index contributed by atoms with van der Waals surface area (Å²) in [5.74, 6) is 0.423. The van der Waals surface area contributed by atoms with Crippen LogP contribution in [0.5, 0.6) is 0 Å². The summed E-state index contributed by atoms with van der Waals surface area (Å²) >= 11 is 7.37. The van der Waals surface area contributed by atoms with Crippen molar-refractivity contribution in [2.75, 3.05) is 11.1 Å². The topological polar surface area (TPSA) is 103 Å². The number of halogens is 1. The monoisotopic (exact) mass is 479 g/mol. The number of nitro groups is 1. The first-order chi connectivity index (χ1) is 15.9. The fraction of sp³-hybridized carbons (Fsp3) is 0.0870. The quantitative estimate of drug-likeness (QED) is 0.212. The second-order valence-electron chi connectivity index (χ2n) is 7.03. The van der Waals surface area contributed by atoms with E-state index in [9.17, 15) is 14.9 Å². The Morgan fingerprint density at radius 2 is 1.79 bits per heavy atom. The summed E-state index contributed by atoms with van der Waals surface area (Å²) in [6.45, 7) is 1.84. The zero-order chi connectivity index (χ0) is 23.4. The van der Waals surface area contributed by atoms with E-state index >= 15 is 0 Å². The van der Waals surface area contributed by atoms with Gasteiger partial charge >= 0.3 is 0 Å². The van der Waals surface area contributed by atoms with Crippen LogP contribution in [-0.2, 0) is 4.79 Å². The van der Waals surface area contributed by atoms with Crippen LogP contribution in [0.15, 0.2) is 78.0 Å². The lowest BCUT2D eigenvalue weighted by Gasteiger charge is -2.11. The number of nitrogens with zero attached hydrogens (tertiary/aromatic N) is 4. The van der Waals surface area contributed by atoms with Gasteiger partial charge in [-0.05, 0) is 48.9 Å². The number of hydrogen-bond acceptors (Lipinski definition) is 6. The van der Waals surface area contributed by atoms with Gasteiger partial charge in [0.25, 0.3) is 5.69 Å². The molecular formula is C23H18ClN5O3S. The third kappa shape index (κ3) is 5.05. The van der Waals surface area contributed by atoms with Crippen LogP contribution in [0.4, 0.5) is 11.4 Å². The van der Waals surface area contributed by atoms with Gasteiger partial charge in [0.15, 0.2) is 11.0 Å². The minimum absolute atomic E-state index is 0.00731. The highest BCUT2D eigenvalue weighted by Crippen LogP contribution is 2.29. The molecule has 0 aliphatic rings. The molecule has 166 valence electrons. The van der Waals surface area contributed by atoms with Crippen molar-refractivity contribution in [1.82, 2.24) is 14.8 Å². The molecule has 0 unspecified atom stereocenters. The van der Waals surface area contributed by atoms with Crippen molar-refractivity contribution in [3.05, 3.63) is 93.5 Å². The van der Waals surface area contributed by atoms with Crippen molar-refractivity contribution in [2.45, 2.75) is 12.1 Å². The van der Waals surface area contributed by atoms with Gasteiger partial charge in [0.1, 0.15) is 0 Å². The van der Waals surface area contributed by atoms with Gasteiger partial charge < -0.3 is 5.32 Å². The number of anilines is 1. The molecule has 0 fully saturated rings. The van der Waals surface area contributed by atoms with Crippen molar-refractivity contribution < 1.29 is 9.72 Å². The SMILES string of the molecule is Cc1c(Cl)cccc1NC(=O)CSc1nnc(-c2ccc([N+](=O)[O-])cc2)n1-c1ccccc1. The molecule has 0 bridgehead atoms. The van der Waals surface area contributed by atoms with Crippen LogP contribution < -0.4 is 5.32 Å². The van der Waals surface area contributed by atoms with Crippen molar-refractivity contribution in [3.63, 3.8) is 0 Å². The summed E-state index contributed by atoms with van der Waals surface area (Å²) in [4.78, 5) is 23.1. The van der Waals surface area contributed by atoms with E-state index in [2.05, 4.69) is 15.5 Å². The first-order valence-corrected chi connectivity index (χ1v) is 11.2. The average molecular weight is 480 g/mol. The Kier molecular flexibility index (Phi) is 6.71. The lowest BCUT2D eigenvalue weighted by molar-refractivity contribution is -0.384. The second kappa shape index (κ2) is 9.85. The number of rotatable bonds is 7. The molecule has 1 aromatic heterocycles. The van der Waals surface area contributed by atoms with Crippen LogP contribution >= 0.6 is 23.4 Å². The number of nitrogens with one attached hydrogen (secondary N) is 1. The number of benzene rings is 3. The Labute approximate surface area is 198 Å². The molecule has 4 rings (SSSR count). The van der Waals surface area contributed by atoms with Crippen LogP contribution in [0, 0.1) is 17.0 Å². The minimum atomic E-state index is -0.451. The molecule has 4 aromatic rings. The number of thioether (sulfide) groups is 1. The number of para-hydroxylation sites is 1. The Balaban J connectivity index is 1.60. The van der Waals surface area contributed by atoms with E-state index in [0.29, 0.717) is 27.3 Å². The Hall–Kier alpha value is -3.69. The molecule has 0 atom stereocenters. The van der Waals surface area contributed by atoms with Crippen LogP contribution in [0.2, 0.25) is 5.02 Å². The Morgan fingerprint density at radius 3 is 2.48 bits per heavy atom. The Morgan fingerprint density at radius 1 is 1.06 bits per heavy atom.